The lowest BCUT2D eigenvalue weighted by Gasteiger charge is -2.11. The van der Waals surface area contributed by atoms with Crippen molar-refractivity contribution in [3.8, 4) is 22.8 Å². The van der Waals surface area contributed by atoms with Crippen LogP contribution in [0.1, 0.15) is 11.3 Å². The first kappa shape index (κ1) is 20.7. The number of benzene rings is 2. The molecule has 0 bridgehead atoms. The summed E-state index contributed by atoms with van der Waals surface area (Å²) < 4.78 is 12.7. The SMILES string of the molecule is COc1cccc(-n2c(SCC(=O)NCc3ccccc3)nnc2-c2ccoc2C)c1. The highest BCUT2D eigenvalue weighted by molar-refractivity contribution is 7.99. The number of nitrogens with one attached hydrogen (secondary N) is 1. The molecule has 0 saturated heterocycles. The predicted molar refractivity (Wildman–Crippen MR) is 119 cm³/mol. The summed E-state index contributed by atoms with van der Waals surface area (Å²) in [6, 6.07) is 19.3. The first-order valence-corrected chi connectivity index (χ1v) is 10.7. The highest BCUT2D eigenvalue weighted by Gasteiger charge is 2.20. The molecule has 31 heavy (non-hydrogen) atoms. The molecule has 0 aliphatic carbocycles. The number of aryl methyl sites for hydroxylation is 1. The van der Waals surface area contributed by atoms with Crippen molar-refractivity contribution >= 4 is 17.7 Å². The molecule has 0 fully saturated rings. The summed E-state index contributed by atoms with van der Waals surface area (Å²) in [5.41, 5.74) is 2.74. The number of ether oxygens (including phenoxy) is 1. The Morgan fingerprint density at radius 1 is 1.13 bits per heavy atom. The number of hydrogen-bond donors (Lipinski definition) is 1. The molecule has 2 heterocycles. The molecule has 0 aliphatic rings. The van der Waals surface area contributed by atoms with E-state index in [0.717, 1.165) is 28.3 Å². The van der Waals surface area contributed by atoms with Crippen LogP contribution in [0.2, 0.25) is 0 Å². The van der Waals surface area contributed by atoms with Gasteiger partial charge in [0.2, 0.25) is 5.91 Å². The molecule has 2 aromatic heterocycles. The third kappa shape index (κ3) is 4.80. The standard InChI is InChI=1S/C23H22N4O3S/c1-16-20(11-12-30-16)22-25-26-23(27(22)18-9-6-10-19(13-18)29-2)31-15-21(28)24-14-17-7-4-3-5-8-17/h3-13H,14-15H2,1-2H3,(H,24,28). The number of furan rings is 1. The van der Waals surface area contributed by atoms with Gasteiger partial charge in [-0.1, -0.05) is 48.2 Å². The third-order valence-corrected chi connectivity index (χ3v) is 5.64. The fourth-order valence-electron chi connectivity index (χ4n) is 3.11. The highest BCUT2D eigenvalue weighted by atomic mass is 32.2. The van der Waals surface area contributed by atoms with Gasteiger partial charge in [-0.15, -0.1) is 10.2 Å². The molecular formula is C23H22N4O3S. The van der Waals surface area contributed by atoms with Crippen molar-refractivity contribution in [3.63, 3.8) is 0 Å². The van der Waals surface area contributed by atoms with Gasteiger partial charge in [0.25, 0.3) is 0 Å². The fourth-order valence-corrected chi connectivity index (χ4v) is 3.90. The van der Waals surface area contributed by atoms with Gasteiger partial charge in [0, 0.05) is 12.6 Å². The Kier molecular flexibility index (Phi) is 6.37. The van der Waals surface area contributed by atoms with Crippen molar-refractivity contribution in [2.24, 2.45) is 0 Å². The molecule has 0 saturated carbocycles. The van der Waals surface area contributed by atoms with Gasteiger partial charge in [-0.25, -0.2) is 0 Å². The van der Waals surface area contributed by atoms with Crippen molar-refractivity contribution < 1.29 is 13.9 Å². The Bertz CT molecular complexity index is 1170. The maximum Gasteiger partial charge on any atom is 0.230 e. The van der Waals surface area contributed by atoms with Crippen LogP contribution in [0.5, 0.6) is 5.75 Å². The topological polar surface area (TPSA) is 82.2 Å². The molecule has 4 aromatic rings. The van der Waals surface area contributed by atoms with E-state index >= 15 is 0 Å². The average molecular weight is 435 g/mol. The molecule has 0 spiro atoms. The second-order valence-electron chi connectivity index (χ2n) is 6.78. The summed E-state index contributed by atoms with van der Waals surface area (Å²) in [7, 11) is 1.62. The van der Waals surface area contributed by atoms with Crippen LogP contribution in [0.25, 0.3) is 17.1 Å². The van der Waals surface area contributed by atoms with Gasteiger partial charge < -0.3 is 14.5 Å². The van der Waals surface area contributed by atoms with Crippen LogP contribution in [0, 0.1) is 6.92 Å². The number of thioether (sulfide) groups is 1. The summed E-state index contributed by atoms with van der Waals surface area (Å²) in [6.45, 7) is 2.37. The predicted octanol–water partition coefficient (Wildman–Crippen LogP) is 4.25. The first-order chi connectivity index (χ1) is 15.2. The van der Waals surface area contributed by atoms with E-state index in [0.29, 0.717) is 17.5 Å². The van der Waals surface area contributed by atoms with E-state index in [1.54, 1.807) is 13.4 Å². The molecule has 0 aliphatic heterocycles. The van der Waals surface area contributed by atoms with Gasteiger partial charge in [-0.05, 0) is 30.7 Å². The minimum atomic E-state index is -0.0740. The molecule has 0 radical (unpaired) electrons. The summed E-state index contributed by atoms with van der Waals surface area (Å²) in [4.78, 5) is 12.4. The lowest BCUT2D eigenvalue weighted by Crippen LogP contribution is -2.24. The van der Waals surface area contributed by atoms with Gasteiger partial charge in [-0.2, -0.15) is 0 Å². The Hall–Kier alpha value is -3.52. The van der Waals surface area contributed by atoms with Crippen LogP contribution in [0.15, 0.2) is 76.5 Å². The Morgan fingerprint density at radius 2 is 1.97 bits per heavy atom. The molecule has 2 aromatic carbocycles. The van der Waals surface area contributed by atoms with Gasteiger partial charge in [-0.3, -0.25) is 9.36 Å². The van der Waals surface area contributed by atoms with Crippen LogP contribution in [0.3, 0.4) is 0 Å². The zero-order valence-corrected chi connectivity index (χ0v) is 18.1. The van der Waals surface area contributed by atoms with Crippen molar-refractivity contribution in [1.29, 1.82) is 0 Å². The molecule has 158 valence electrons. The van der Waals surface area contributed by atoms with Crippen LogP contribution < -0.4 is 10.1 Å². The number of carbonyl (C=O) groups is 1. The molecule has 1 N–H and O–H groups in total. The minimum absolute atomic E-state index is 0.0740. The number of carbonyl (C=O) groups excluding carboxylic acids is 1. The lowest BCUT2D eigenvalue weighted by atomic mass is 10.2. The van der Waals surface area contributed by atoms with Crippen molar-refractivity contribution in [2.75, 3.05) is 12.9 Å². The second-order valence-corrected chi connectivity index (χ2v) is 7.73. The molecule has 1 amide bonds. The molecular weight excluding hydrogens is 412 g/mol. The Labute approximate surface area is 184 Å². The van der Waals surface area contributed by atoms with E-state index < -0.39 is 0 Å². The van der Waals surface area contributed by atoms with Gasteiger partial charge >= 0.3 is 0 Å². The highest BCUT2D eigenvalue weighted by Crippen LogP contribution is 2.31. The zero-order chi connectivity index (χ0) is 21.6. The van der Waals surface area contributed by atoms with E-state index in [-0.39, 0.29) is 11.7 Å². The third-order valence-electron chi connectivity index (χ3n) is 4.71. The van der Waals surface area contributed by atoms with Crippen LogP contribution >= 0.6 is 11.8 Å². The smallest absolute Gasteiger partial charge is 0.230 e. The second kappa shape index (κ2) is 9.53. The van der Waals surface area contributed by atoms with Crippen LogP contribution in [-0.4, -0.2) is 33.5 Å². The van der Waals surface area contributed by atoms with Gasteiger partial charge in [0.1, 0.15) is 11.5 Å². The normalized spacial score (nSPS) is 10.8. The molecule has 0 atom stereocenters. The van der Waals surface area contributed by atoms with E-state index in [1.807, 2.05) is 72.2 Å². The maximum atomic E-state index is 12.4. The average Bonchev–Trinajstić information content (AvgIpc) is 3.42. The van der Waals surface area contributed by atoms with E-state index in [9.17, 15) is 4.79 Å². The zero-order valence-electron chi connectivity index (χ0n) is 17.2. The summed E-state index contributed by atoms with van der Waals surface area (Å²) in [5, 5.41) is 12.3. The quantitative estimate of drug-likeness (QED) is 0.418. The van der Waals surface area contributed by atoms with Crippen molar-refractivity contribution in [1.82, 2.24) is 20.1 Å². The van der Waals surface area contributed by atoms with Crippen LogP contribution in [-0.2, 0) is 11.3 Å². The number of hydrogen-bond acceptors (Lipinski definition) is 6. The van der Waals surface area contributed by atoms with E-state index in [4.69, 9.17) is 9.15 Å². The fraction of sp³-hybridized carbons (Fsp3) is 0.174. The van der Waals surface area contributed by atoms with E-state index in [2.05, 4.69) is 15.5 Å². The number of nitrogens with zero attached hydrogens (tertiary/aromatic N) is 3. The maximum absolute atomic E-state index is 12.4. The molecule has 8 heteroatoms. The number of methoxy groups -OCH3 is 1. The number of rotatable bonds is 8. The lowest BCUT2D eigenvalue weighted by molar-refractivity contribution is -0.118. The monoisotopic (exact) mass is 434 g/mol. The molecule has 4 rings (SSSR count). The van der Waals surface area contributed by atoms with Gasteiger partial charge in [0.05, 0.1) is 30.4 Å². The van der Waals surface area contributed by atoms with Crippen molar-refractivity contribution in [3.05, 3.63) is 78.3 Å². The summed E-state index contributed by atoms with van der Waals surface area (Å²) in [6.07, 6.45) is 1.62. The first-order valence-electron chi connectivity index (χ1n) is 9.73. The summed E-state index contributed by atoms with van der Waals surface area (Å²) in [5.74, 6) is 2.26. The minimum Gasteiger partial charge on any atom is -0.497 e. The van der Waals surface area contributed by atoms with Crippen molar-refractivity contribution in [2.45, 2.75) is 18.6 Å². The largest absolute Gasteiger partial charge is 0.497 e. The van der Waals surface area contributed by atoms with Gasteiger partial charge in [0.15, 0.2) is 11.0 Å². The Morgan fingerprint density at radius 3 is 2.71 bits per heavy atom. The molecule has 7 nitrogen and oxygen atoms in total. The number of amides is 1. The Balaban J connectivity index is 1.56. The van der Waals surface area contributed by atoms with Crippen LogP contribution in [0.4, 0.5) is 0 Å². The molecule has 0 unspecified atom stereocenters. The summed E-state index contributed by atoms with van der Waals surface area (Å²) >= 11 is 1.33. The van der Waals surface area contributed by atoms with E-state index in [1.165, 1.54) is 11.8 Å². The number of aromatic nitrogens is 3.